The highest BCUT2D eigenvalue weighted by molar-refractivity contribution is 9.10. The summed E-state index contributed by atoms with van der Waals surface area (Å²) in [4.78, 5) is 23.1. The zero-order valence-electron chi connectivity index (χ0n) is 10.5. The first-order valence-corrected chi connectivity index (χ1v) is 7.21. The van der Waals surface area contributed by atoms with Gasteiger partial charge in [0.1, 0.15) is 0 Å². The van der Waals surface area contributed by atoms with E-state index in [0.717, 1.165) is 25.7 Å². The fraction of sp³-hybridized carbons (Fsp3) is 0.429. The molecule has 0 heterocycles. The Labute approximate surface area is 120 Å². The number of anilines is 1. The zero-order valence-corrected chi connectivity index (χ0v) is 12.1. The van der Waals surface area contributed by atoms with Crippen molar-refractivity contribution in [1.82, 2.24) is 0 Å². The molecule has 1 aromatic rings. The molecule has 0 saturated heterocycles. The molecule has 1 fully saturated rings. The van der Waals surface area contributed by atoms with E-state index in [-0.39, 0.29) is 17.4 Å². The van der Waals surface area contributed by atoms with Gasteiger partial charge in [0.15, 0.2) is 0 Å². The number of carboxylic acid groups (broad SMARTS) is 1. The summed E-state index contributed by atoms with van der Waals surface area (Å²) in [7, 11) is 0. The van der Waals surface area contributed by atoms with Gasteiger partial charge in [-0.1, -0.05) is 19.3 Å². The smallest absolute Gasteiger partial charge is 0.336 e. The second-order valence-electron chi connectivity index (χ2n) is 4.82. The number of rotatable bonds is 3. The van der Waals surface area contributed by atoms with Crippen molar-refractivity contribution < 1.29 is 14.7 Å². The van der Waals surface area contributed by atoms with Gasteiger partial charge < -0.3 is 10.4 Å². The molecule has 0 bridgehead atoms. The van der Waals surface area contributed by atoms with Gasteiger partial charge in [0, 0.05) is 16.1 Å². The molecule has 0 aromatic heterocycles. The number of halogens is 1. The Hall–Kier alpha value is -1.36. The van der Waals surface area contributed by atoms with Gasteiger partial charge in [-0.05, 0) is 47.0 Å². The van der Waals surface area contributed by atoms with Crippen molar-refractivity contribution in [3.63, 3.8) is 0 Å². The largest absolute Gasteiger partial charge is 0.478 e. The first-order chi connectivity index (χ1) is 9.08. The number of aromatic carboxylic acids is 1. The van der Waals surface area contributed by atoms with Gasteiger partial charge in [0.05, 0.1) is 5.56 Å². The third-order valence-corrected chi connectivity index (χ3v) is 4.13. The number of hydrogen-bond acceptors (Lipinski definition) is 2. The van der Waals surface area contributed by atoms with Crippen LogP contribution in [0.3, 0.4) is 0 Å². The Morgan fingerprint density at radius 3 is 2.53 bits per heavy atom. The summed E-state index contributed by atoms with van der Waals surface area (Å²) in [6.07, 6.45) is 5.24. The normalized spacial score (nSPS) is 16.1. The Bertz CT molecular complexity index is 495. The van der Waals surface area contributed by atoms with Crippen LogP contribution in [0.4, 0.5) is 5.69 Å². The zero-order chi connectivity index (χ0) is 13.8. The average Bonchev–Trinajstić information content (AvgIpc) is 2.41. The van der Waals surface area contributed by atoms with Crippen LogP contribution in [0.1, 0.15) is 42.5 Å². The molecule has 2 N–H and O–H groups in total. The SMILES string of the molecule is O=C(O)c1cc(NC(=O)C2CCCCC2)ccc1Br. The quantitative estimate of drug-likeness (QED) is 0.891. The first-order valence-electron chi connectivity index (χ1n) is 6.41. The van der Waals surface area contributed by atoms with E-state index >= 15 is 0 Å². The monoisotopic (exact) mass is 325 g/mol. The van der Waals surface area contributed by atoms with Crippen molar-refractivity contribution in [2.75, 3.05) is 5.32 Å². The first kappa shape index (κ1) is 14.1. The molecule has 0 atom stereocenters. The lowest BCUT2D eigenvalue weighted by Crippen LogP contribution is -2.24. The number of amides is 1. The van der Waals surface area contributed by atoms with E-state index < -0.39 is 5.97 Å². The minimum Gasteiger partial charge on any atom is -0.478 e. The Morgan fingerprint density at radius 1 is 1.21 bits per heavy atom. The highest BCUT2D eigenvalue weighted by atomic mass is 79.9. The number of hydrogen-bond donors (Lipinski definition) is 2. The van der Waals surface area contributed by atoms with Crippen LogP contribution in [0.15, 0.2) is 22.7 Å². The van der Waals surface area contributed by atoms with Gasteiger partial charge >= 0.3 is 5.97 Å². The van der Waals surface area contributed by atoms with Crippen LogP contribution in [0.25, 0.3) is 0 Å². The number of carbonyl (C=O) groups is 2. The minimum absolute atomic E-state index is 0.00152. The number of nitrogens with one attached hydrogen (secondary N) is 1. The summed E-state index contributed by atoms with van der Waals surface area (Å²) in [5.41, 5.74) is 0.692. The molecule has 5 heteroatoms. The molecular weight excluding hydrogens is 310 g/mol. The summed E-state index contributed by atoms with van der Waals surface area (Å²) in [5, 5.41) is 11.8. The second-order valence-corrected chi connectivity index (χ2v) is 5.68. The van der Waals surface area contributed by atoms with Gasteiger partial charge in [-0.25, -0.2) is 4.79 Å². The van der Waals surface area contributed by atoms with Crippen LogP contribution in [-0.4, -0.2) is 17.0 Å². The van der Waals surface area contributed by atoms with Crippen LogP contribution in [0.2, 0.25) is 0 Å². The van der Waals surface area contributed by atoms with Gasteiger partial charge in [0.25, 0.3) is 0 Å². The van der Waals surface area contributed by atoms with E-state index in [1.165, 1.54) is 12.5 Å². The van der Waals surface area contributed by atoms with Crippen LogP contribution in [0, 0.1) is 5.92 Å². The Kier molecular flexibility index (Phi) is 4.58. The molecule has 1 aromatic carbocycles. The summed E-state index contributed by atoms with van der Waals surface area (Å²) >= 11 is 3.18. The fourth-order valence-corrected chi connectivity index (χ4v) is 2.79. The highest BCUT2D eigenvalue weighted by Crippen LogP contribution is 2.26. The molecule has 1 aliphatic carbocycles. The van der Waals surface area contributed by atoms with Gasteiger partial charge in [-0.15, -0.1) is 0 Å². The van der Waals surface area contributed by atoms with Gasteiger partial charge in [-0.2, -0.15) is 0 Å². The van der Waals surface area contributed by atoms with E-state index in [4.69, 9.17) is 5.11 Å². The van der Waals surface area contributed by atoms with Crippen LogP contribution in [-0.2, 0) is 4.79 Å². The Morgan fingerprint density at radius 2 is 1.89 bits per heavy atom. The molecular formula is C14H16BrNO3. The predicted octanol–water partition coefficient (Wildman–Crippen LogP) is 3.67. The molecule has 1 saturated carbocycles. The Balaban J connectivity index is 2.08. The van der Waals surface area contributed by atoms with Crippen LogP contribution in [0.5, 0.6) is 0 Å². The molecule has 0 aliphatic heterocycles. The van der Waals surface area contributed by atoms with Crippen molar-refractivity contribution in [3.05, 3.63) is 28.2 Å². The average molecular weight is 326 g/mol. The molecule has 0 radical (unpaired) electrons. The maximum Gasteiger partial charge on any atom is 0.336 e. The summed E-state index contributed by atoms with van der Waals surface area (Å²) < 4.78 is 0.510. The van der Waals surface area contributed by atoms with Crippen LogP contribution < -0.4 is 5.32 Å². The standard InChI is InChI=1S/C14H16BrNO3/c15-12-7-6-10(8-11(12)14(18)19)16-13(17)9-4-2-1-3-5-9/h6-9H,1-5H2,(H,16,17)(H,18,19). The lowest BCUT2D eigenvalue weighted by molar-refractivity contribution is -0.120. The van der Waals surface area contributed by atoms with E-state index in [1.54, 1.807) is 12.1 Å². The van der Waals surface area contributed by atoms with Gasteiger partial charge in [-0.3, -0.25) is 4.79 Å². The maximum absolute atomic E-state index is 12.1. The fourth-order valence-electron chi connectivity index (χ4n) is 2.38. The minimum atomic E-state index is -1.01. The van der Waals surface area contributed by atoms with Crippen molar-refractivity contribution in [2.45, 2.75) is 32.1 Å². The summed E-state index contributed by atoms with van der Waals surface area (Å²) in [6.45, 7) is 0. The molecule has 0 spiro atoms. The maximum atomic E-state index is 12.1. The lowest BCUT2D eigenvalue weighted by Gasteiger charge is -2.20. The van der Waals surface area contributed by atoms with Crippen molar-refractivity contribution in [3.8, 4) is 0 Å². The van der Waals surface area contributed by atoms with Crippen molar-refractivity contribution in [2.24, 2.45) is 5.92 Å². The molecule has 102 valence electrons. The lowest BCUT2D eigenvalue weighted by atomic mass is 9.88. The molecule has 4 nitrogen and oxygen atoms in total. The molecule has 1 amide bonds. The van der Waals surface area contributed by atoms with E-state index in [0.29, 0.717) is 10.2 Å². The molecule has 2 rings (SSSR count). The topological polar surface area (TPSA) is 66.4 Å². The van der Waals surface area contributed by atoms with E-state index in [2.05, 4.69) is 21.2 Å². The summed E-state index contributed by atoms with van der Waals surface area (Å²) in [5.74, 6) is -0.954. The predicted molar refractivity (Wildman–Crippen MR) is 76.3 cm³/mol. The number of carbonyl (C=O) groups excluding carboxylic acids is 1. The van der Waals surface area contributed by atoms with Gasteiger partial charge in [0.2, 0.25) is 5.91 Å². The van der Waals surface area contributed by atoms with E-state index in [1.807, 2.05) is 0 Å². The molecule has 0 unspecified atom stereocenters. The third kappa shape index (κ3) is 3.56. The molecule has 19 heavy (non-hydrogen) atoms. The second kappa shape index (κ2) is 6.19. The third-order valence-electron chi connectivity index (χ3n) is 3.44. The molecule has 1 aliphatic rings. The summed E-state index contributed by atoms with van der Waals surface area (Å²) in [6, 6.07) is 4.82. The van der Waals surface area contributed by atoms with Crippen molar-refractivity contribution in [1.29, 1.82) is 0 Å². The highest BCUT2D eigenvalue weighted by Gasteiger charge is 2.21. The number of carboxylic acids is 1. The van der Waals surface area contributed by atoms with Crippen molar-refractivity contribution >= 4 is 33.5 Å². The van der Waals surface area contributed by atoms with Crippen LogP contribution >= 0.6 is 15.9 Å². The van der Waals surface area contributed by atoms with E-state index in [9.17, 15) is 9.59 Å². The number of benzene rings is 1.